The number of rotatable bonds is 14. The van der Waals surface area contributed by atoms with Crippen molar-refractivity contribution in [1.82, 2.24) is 15.0 Å². The van der Waals surface area contributed by atoms with Crippen LogP contribution in [0, 0.1) is 0 Å². The summed E-state index contributed by atoms with van der Waals surface area (Å²) in [5.41, 5.74) is 5.36. The highest BCUT2D eigenvalue weighted by molar-refractivity contribution is 5.37. The van der Waals surface area contributed by atoms with Gasteiger partial charge in [0.15, 0.2) is 0 Å². The number of nitrogens with one attached hydrogen (secondary N) is 2. The molecule has 0 fully saturated rings. The highest BCUT2D eigenvalue weighted by atomic mass is 16.5. The molecule has 154 valence electrons. The zero-order valence-electron chi connectivity index (χ0n) is 16.6. The van der Waals surface area contributed by atoms with Crippen molar-refractivity contribution in [2.75, 3.05) is 50.2 Å². The minimum absolute atomic E-state index is 0.227. The molecule has 0 spiro atoms. The third-order valence-electron chi connectivity index (χ3n) is 3.72. The molecule has 2 rings (SSSR count). The first kappa shape index (κ1) is 21.8. The van der Waals surface area contributed by atoms with E-state index in [1.165, 1.54) is 0 Å². The summed E-state index contributed by atoms with van der Waals surface area (Å²) in [5.74, 6) is 1.55. The Bertz CT molecular complexity index is 674. The van der Waals surface area contributed by atoms with Crippen LogP contribution in [0.4, 0.5) is 11.9 Å². The van der Waals surface area contributed by atoms with Crippen molar-refractivity contribution in [2.45, 2.75) is 26.3 Å². The third-order valence-corrected chi connectivity index (χ3v) is 3.72. The van der Waals surface area contributed by atoms with E-state index in [9.17, 15) is 0 Å². The first-order valence-electron chi connectivity index (χ1n) is 9.56. The Labute approximate surface area is 166 Å². The molecule has 0 aliphatic heterocycles. The first-order valence-corrected chi connectivity index (χ1v) is 9.56. The zero-order valence-corrected chi connectivity index (χ0v) is 16.6. The predicted octanol–water partition coefficient (Wildman–Crippen LogP) is 2.28. The Hall–Kier alpha value is -2.49. The Kier molecular flexibility index (Phi) is 9.98. The standard InChI is InChI=1S/C19H30N6O3/c1-3-15(2)22-18-23-17(21-10-12-27-14-13-26-11-9-20)24-19(25-18)28-16-7-5-4-6-8-16/h4-8,15H,3,9-14,20H2,1-2H3,(H2,21,22,23,24,25). The molecule has 0 saturated carbocycles. The van der Waals surface area contributed by atoms with E-state index < -0.39 is 0 Å². The highest BCUT2D eigenvalue weighted by Crippen LogP contribution is 2.19. The lowest BCUT2D eigenvalue weighted by atomic mass is 10.3. The van der Waals surface area contributed by atoms with Gasteiger partial charge in [0.2, 0.25) is 11.9 Å². The molecule has 1 heterocycles. The molecule has 0 radical (unpaired) electrons. The van der Waals surface area contributed by atoms with Crippen LogP contribution in [0.1, 0.15) is 20.3 Å². The average molecular weight is 390 g/mol. The van der Waals surface area contributed by atoms with Crippen LogP contribution < -0.4 is 21.1 Å². The molecule has 0 amide bonds. The number of nitrogens with two attached hydrogens (primary N) is 1. The molecule has 9 heteroatoms. The van der Waals surface area contributed by atoms with Crippen molar-refractivity contribution >= 4 is 11.9 Å². The number of aromatic nitrogens is 3. The molecular weight excluding hydrogens is 360 g/mol. The number of para-hydroxylation sites is 1. The maximum absolute atomic E-state index is 5.76. The Morgan fingerprint density at radius 3 is 2.39 bits per heavy atom. The molecule has 0 aliphatic rings. The lowest BCUT2D eigenvalue weighted by Crippen LogP contribution is -2.19. The normalized spacial score (nSPS) is 11.8. The molecule has 1 unspecified atom stereocenters. The van der Waals surface area contributed by atoms with Gasteiger partial charge in [0.1, 0.15) is 5.75 Å². The molecule has 0 aliphatic carbocycles. The summed E-state index contributed by atoms with van der Waals surface area (Å²) in [7, 11) is 0. The quantitative estimate of drug-likeness (QED) is 0.418. The number of hydrogen-bond acceptors (Lipinski definition) is 9. The van der Waals surface area contributed by atoms with Crippen LogP contribution in [0.3, 0.4) is 0 Å². The van der Waals surface area contributed by atoms with Gasteiger partial charge in [-0.05, 0) is 25.5 Å². The van der Waals surface area contributed by atoms with E-state index in [1.54, 1.807) is 0 Å². The maximum atomic E-state index is 5.76. The molecule has 0 saturated heterocycles. The largest absolute Gasteiger partial charge is 0.424 e. The zero-order chi connectivity index (χ0) is 20.0. The second kappa shape index (κ2) is 12.8. The van der Waals surface area contributed by atoms with Crippen molar-refractivity contribution in [1.29, 1.82) is 0 Å². The van der Waals surface area contributed by atoms with Gasteiger partial charge in [-0.1, -0.05) is 25.1 Å². The van der Waals surface area contributed by atoms with Crippen LogP contribution in [0.25, 0.3) is 0 Å². The fraction of sp³-hybridized carbons (Fsp3) is 0.526. The molecule has 0 bridgehead atoms. The van der Waals surface area contributed by atoms with Gasteiger partial charge in [0.05, 0.1) is 26.4 Å². The molecule has 1 aromatic carbocycles. The summed E-state index contributed by atoms with van der Waals surface area (Å²) in [4.78, 5) is 13.1. The number of ether oxygens (including phenoxy) is 3. The van der Waals surface area contributed by atoms with Gasteiger partial charge in [-0.25, -0.2) is 0 Å². The van der Waals surface area contributed by atoms with Crippen molar-refractivity contribution in [2.24, 2.45) is 5.73 Å². The monoisotopic (exact) mass is 390 g/mol. The fourth-order valence-electron chi connectivity index (χ4n) is 2.10. The maximum Gasteiger partial charge on any atom is 0.328 e. The van der Waals surface area contributed by atoms with Crippen molar-refractivity contribution in [3.63, 3.8) is 0 Å². The molecule has 2 aromatic rings. The van der Waals surface area contributed by atoms with Crippen molar-refractivity contribution in [3.05, 3.63) is 30.3 Å². The van der Waals surface area contributed by atoms with Crippen molar-refractivity contribution in [3.8, 4) is 11.8 Å². The van der Waals surface area contributed by atoms with Crippen LogP contribution >= 0.6 is 0 Å². The fourth-order valence-corrected chi connectivity index (χ4v) is 2.10. The molecule has 1 atom stereocenters. The van der Waals surface area contributed by atoms with Crippen LogP contribution in [0.5, 0.6) is 11.8 Å². The van der Waals surface area contributed by atoms with Gasteiger partial charge < -0.3 is 30.6 Å². The summed E-state index contributed by atoms with van der Waals surface area (Å²) in [5, 5.41) is 6.38. The Balaban J connectivity index is 1.91. The Morgan fingerprint density at radius 2 is 1.68 bits per heavy atom. The van der Waals surface area contributed by atoms with E-state index in [1.807, 2.05) is 30.3 Å². The Morgan fingerprint density at radius 1 is 0.964 bits per heavy atom. The molecule has 9 nitrogen and oxygen atoms in total. The first-order chi connectivity index (χ1) is 13.7. The molecular formula is C19H30N6O3. The molecule has 4 N–H and O–H groups in total. The third kappa shape index (κ3) is 8.47. The minimum atomic E-state index is 0.227. The number of hydrogen-bond donors (Lipinski definition) is 3. The average Bonchev–Trinajstić information content (AvgIpc) is 2.70. The smallest absolute Gasteiger partial charge is 0.328 e. The lowest BCUT2D eigenvalue weighted by Gasteiger charge is -2.14. The van der Waals surface area contributed by atoms with Crippen LogP contribution in [-0.4, -0.2) is 60.5 Å². The summed E-state index contributed by atoms with van der Waals surface area (Å²) in [6, 6.07) is 9.86. The van der Waals surface area contributed by atoms with Crippen molar-refractivity contribution < 1.29 is 14.2 Å². The summed E-state index contributed by atoms with van der Waals surface area (Å²) in [6.45, 7) is 7.31. The highest BCUT2D eigenvalue weighted by Gasteiger charge is 2.10. The van der Waals surface area contributed by atoms with Crippen LogP contribution in [0.2, 0.25) is 0 Å². The van der Waals surface area contributed by atoms with E-state index in [0.717, 1.165) is 6.42 Å². The van der Waals surface area contributed by atoms with Gasteiger partial charge in [-0.15, -0.1) is 0 Å². The number of anilines is 2. The lowest BCUT2D eigenvalue weighted by molar-refractivity contribution is 0.0547. The van der Waals surface area contributed by atoms with E-state index >= 15 is 0 Å². The second-order valence-corrected chi connectivity index (χ2v) is 6.07. The van der Waals surface area contributed by atoms with Gasteiger partial charge in [0, 0.05) is 19.1 Å². The summed E-state index contributed by atoms with van der Waals surface area (Å²) >= 11 is 0. The topological polar surface area (TPSA) is 116 Å². The number of nitrogens with zero attached hydrogens (tertiary/aromatic N) is 3. The van der Waals surface area contributed by atoms with Gasteiger partial charge >= 0.3 is 6.01 Å². The number of benzene rings is 1. The van der Waals surface area contributed by atoms with Crippen LogP contribution in [-0.2, 0) is 9.47 Å². The SMILES string of the molecule is CCC(C)Nc1nc(NCCOCCOCCN)nc(Oc2ccccc2)n1. The van der Waals surface area contributed by atoms with E-state index in [-0.39, 0.29) is 12.1 Å². The summed E-state index contributed by atoms with van der Waals surface area (Å²) < 4.78 is 16.5. The van der Waals surface area contributed by atoms with E-state index in [0.29, 0.717) is 57.2 Å². The van der Waals surface area contributed by atoms with E-state index in [2.05, 4.69) is 39.4 Å². The second-order valence-electron chi connectivity index (χ2n) is 6.07. The minimum Gasteiger partial charge on any atom is -0.424 e. The molecule has 1 aromatic heterocycles. The van der Waals surface area contributed by atoms with Gasteiger partial charge in [-0.2, -0.15) is 15.0 Å². The predicted molar refractivity (Wildman–Crippen MR) is 109 cm³/mol. The van der Waals surface area contributed by atoms with E-state index in [4.69, 9.17) is 19.9 Å². The van der Waals surface area contributed by atoms with Gasteiger partial charge in [0.25, 0.3) is 0 Å². The van der Waals surface area contributed by atoms with Gasteiger partial charge in [-0.3, -0.25) is 0 Å². The summed E-state index contributed by atoms with van der Waals surface area (Å²) in [6.07, 6.45) is 0.948. The molecule has 28 heavy (non-hydrogen) atoms. The van der Waals surface area contributed by atoms with Crippen LogP contribution in [0.15, 0.2) is 30.3 Å².